The predicted molar refractivity (Wildman–Crippen MR) is 71.7 cm³/mol. The molecule has 0 radical (unpaired) electrons. The minimum Gasteiger partial charge on any atom is -0.494 e. The SMILES string of the molecule is CCCOc1ccc(C(O)CC(N)COC)cc1. The maximum Gasteiger partial charge on any atom is 0.119 e. The fraction of sp³-hybridized carbons (Fsp3) is 0.571. The second-order valence-corrected chi connectivity index (χ2v) is 4.38. The minimum atomic E-state index is -0.560. The van der Waals surface area contributed by atoms with E-state index in [0.717, 1.165) is 17.7 Å². The van der Waals surface area contributed by atoms with Crippen LogP contribution in [0, 0.1) is 0 Å². The third kappa shape index (κ3) is 5.04. The smallest absolute Gasteiger partial charge is 0.119 e. The molecule has 0 saturated carbocycles. The maximum absolute atomic E-state index is 10.0. The number of aliphatic hydroxyl groups is 1. The molecule has 0 fully saturated rings. The van der Waals surface area contributed by atoms with Crippen molar-refractivity contribution in [3.8, 4) is 5.75 Å². The zero-order chi connectivity index (χ0) is 13.4. The molecule has 4 nitrogen and oxygen atoms in total. The van der Waals surface area contributed by atoms with Gasteiger partial charge in [0.2, 0.25) is 0 Å². The number of hydrogen-bond acceptors (Lipinski definition) is 4. The van der Waals surface area contributed by atoms with Gasteiger partial charge in [0.1, 0.15) is 5.75 Å². The summed E-state index contributed by atoms with van der Waals surface area (Å²) < 4.78 is 10.4. The van der Waals surface area contributed by atoms with Crippen molar-refractivity contribution < 1.29 is 14.6 Å². The summed E-state index contributed by atoms with van der Waals surface area (Å²) in [4.78, 5) is 0. The first kappa shape index (κ1) is 15.0. The molecule has 0 aliphatic carbocycles. The lowest BCUT2D eigenvalue weighted by Gasteiger charge is -2.16. The molecule has 0 amide bonds. The summed E-state index contributed by atoms with van der Waals surface area (Å²) in [5.41, 5.74) is 6.66. The molecule has 18 heavy (non-hydrogen) atoms. The van der Waals surface area contributed by atoms with Crippen LogP contribution in [0.2, 0.25) is 0 Å². The van der Waals surface area contributed by atoms with Gasteiger partial charge in [-0.3, -0.25) is 0 Å². The normalized spacial score (nSPS) is 14.2. The standard InChI is InChI=1S/C14H23NO3/c1-3-8-18-13-6-4-11(5-7-13)14(16)9-12(15)10-17-2/h4-7,12,14,16H,3,8-10,15H2,1-2H3. The molecule has 2 unspecified atom stereocenters. The number of ether oxygens (including phenoxy) is 2. The zero-order valence-electron chi connectivity index (χ0n) is 11.1. The average molecular weight is 253 g/mol. The van der Waals surface area contributed by atoms with Gasteiger partial charge < -0.3 is 20.3 Å². The monoisotopic (exact) mass is 253 g/mol. The summed E-state index contributed by atoms with van der Waals surface area (Å²) >= 11 is 0. The molecule has 1 aromatic carbocycles. The molecule has 0 saturated heterocycles. The van der Waals surface area contributed by atoms with Gasteiger partial charge >= 0.3 is 0 Å². The Labute approximate surface area is 109 Å². The Morgan fingerprint density at radius 1 is 1.28 bits per heavy atom. The number of rotatable bonds is 8. The van der Waals surface area contributed by atoms with Gasteiger partial charge in [0.25, 0.3) is 0 Å². The maximum atomic E-state index is 10.0. The van der Waals surface area contributed by atoms with E-state index in [2.05, 4.69) is 6.92 Å². The molecule has 0 aliphatic rings. The Hall–Kier alpha value is -1.10. The summed E-state index contributed by atoms with van der Waals surface area (Å²) in [6.07, 6.45) is 0.912. The number of benzene rings is 1. The first-order valence-corrected chi connectivity index (χ1v) is 6.32. The van der Waals surface area contributed by atoms with Crippen LogP contribution in [0.15, 0.2) is 24.3 Å². The van der Waals surface area contributed by atoms with Gasteiger partial charge in [0, 0.05) is 13.2 Å². The third-order valence-electron chi connectivity index (χ3n) is 2.64. The summed E-state index contributed by atoms with van der Waals surface area (Å²) in [7, 11) is 1.60. The molecular formula is C14H23NO3. The quantitative estimate of drug-likeness (QED) is 0.742. The van der Waals surface area contributed by atoms with Crippen LogP contribution >= 0.6 is 0 Å². The number of hydrogen-bond donors (Lipinski definition) is 2. The summed E-state index contributed by atoms with van der Waals surface area (Å²) in [6, 6.07) is 7.33. The van der Waals surface area contributed by atoms with Crippen LogP contribution in [0.4, 0.5) is 0 Å². The van der Waals surface area contributed by atoms with E-state index in [1.165, 1.54) is 0 Å². The average Bonchev–Trinajstić information content (AvgIpc) is 2.37. The lowest BCUT2D eigenvalue weighted by Crippen LogP contribution is -2.27. The van der Waals surface area contributed by atoms with Crippen molar-refractivity contribution in [1.29, 1.82) is 0 Å². The van der Waals surface area contributed by atoms with Crippen molar-refractivity contribution in [2.75, 3.05) is 20.3 Å². The van der Waals surface area contributed by atoms with Gasteiger partial charge in [-0.15, -0.1) is 0 Å². The van der Waals surface area contributed by atoms with Crippen molar-refractivity contribution in [2.45, 2.75) is 31.9 Å². The van der Waals surface area contributed by atoms with Crippen LogP contribution in [0.1, 0.15) is 31.4 Å². The van der Waals surface area contributed by atoms with Crippen LogP contribution in [0.3, 0.4) is 0 Å². The van der Waals surface area contributed by atoms with Gasteiger partial charge in [0.05, 0.1) is 19.3 Å². The van der Waals surface area contributed by atoms with Crippen LogP contribution < -0.4 is 10.5 Å². The Bertz CT molecular complexity index is 326. The molecule has 1 rings (SSSR count). The summed E-state index contributed by atoms with van der Waals surface area (Å²) in [6.45, 7) is 3.23. The molecule has 0 heterocycles. The minimum absolute atomic E-state index is 0.152. The highest BCUT2D eigenvalue weighted by atomic mass is 16.5. The van der Waals surface area contributed by atoms with Gasteiger partial charge in [-0.1, -0.05) is 19.1 Å². The lowest BCUT2D eigenvalue weighted by molar-refractivity contribution is 0.122. The number of methoxy groups -OCH3 is 1. The van der Waals surface area contributed by atoms with Crippen molar-refractivity contribution >= 4 is 0 Å². The third-order valence-corrected chi connectivity index (χ3v) is 2.64. The van der Waals surface area contributed by atoms with Crippen LogP contribution in [-0.4, -0.2) is 31.5 Å². The van der Waals surface area contributed by atoms with E-state index >= 15 is 0 Å². The summed E-state index contributed by atoms with van der Waals surface area (Å²) in [5, 5.41) is 10.0. The molecule has 2 atom stereocenters. The molecule has 4 heteroatoms. The largest absolute Gasteiger partial charge is 0.494 e. The Morgan fingerprint density at radius 2 is 1.94 bits per heavy atom. The first-order chi connectivity index (χ1) is 8.67. The number of aliphatic hydroxyl groups excluding tert-OH is 1. The molecule has 3 N–H and O–H groups in total. The van der Waals surface area contributed by atoms with E-state index in [-0.39, 0.29) is 6.04 Å². The molecule has 1 aromatic rings. The second-order valence-electron chi connectivity index (χ2n) is 4.38. The van der Waals surface area contributed by atoms with Crippen molar-refractivity contribution in [3.63, 3.8) is 0 Å². The van der Waals surface area contributed by atoms with E-state index < -0.39 is 6.10 Å². The van der Waals surface area contributed by atoms with E-state index in [4.69, 9.17) is 15.2 Å². The van der Waals surface area contributed by atoms with Crippen molar-refractivity contribution in [3.05, 3.63) is 29.8 Å². The van der Waals surface area contributed by atoms with Crippen LogP contribution in [-0.2, 0) is 4.74 Å². The zero-order valence-corrected chi connectivity index (χ0v) is 11.1. The highest BCUT2D eigenvalue weighted by Crippen LogP contribution is 2.21. The van der Waals surface area contributed by atoms with Crippen molar-refractivity contribution in [2.24, 2.45) is 5.73 Å². The second kappa shape index (κ2) is 8.08. The van der Waals surface area contributed by atoms with E-state index in [9.17, 15) is 5.11 Å². The molecule has 0 spiro atoms. The molecular weight excluding hydrogens is 230 g/mol. The van der Waals surface area contributed by atoms with E-state index in [0.29, 0.717) is 19.6 Å². The van der Waals surface area contributed by atoms with Gasteiger partial charge in [-0.05, 0) is 30.5 Å². The van der Waals surface area contributed by atoms with Gasteiger partial charge in [0.15, 0.2) is 0 Å². The highest BCUT2D eigenvalue weighted by molar-refractivity contribution is 5.28. The number of nitrogens with two attached hydrogens (primary N) is 1. The van der Waals surface area contributed by atoms with Gasteiger partial charge in [-0.2, -0.15) is 0 Å². The fourth-order valence-electron chi connectivity index (χ4n) is 1.71. The Balaban J connectivity index is 2.50. The molecule has 102 valence electrons. The van der Waals surface area contributed by atoms with Crippen molar-refractivity contribution in [1.82, 2.24) is 0 Å². The Morgan fingerprint density at radius 3 is 2.50 bits per heavy atom. The van der Waals surface area contributed by atoms with E-state index in [1.54, 1.807) is 7.11 Å². The van der Waals surface area contributed by atoms with E-state index in [1.807, 2.05) is 24.3 Å². The highest BCUT2D eigenvalue weighted by Gasteiger charge is 2.12. The van der Waals surface area contributed by atoms with Crippen LogP contribution in [0.25, 0.3) is 0 Å². The lowest BCUT2D eigenvalue weighted by atomic mass is 10.0. The van der Waals surface area contributed by atoms with Gasteiger partial charge in [-0.25, -0.2) is 0 Å². The molecule has 0 aliphatic heterocycles. The molecule has 0 aromatic heterocycles. The topological polar surface area (TPSA) is 64.7 Å². The summed E-state index contributed by atoms with van der Waals surface area (Å²) in [5.74, 6) is 0.828. The first-order valence-electron chi connectivity index (χ1n) is 6.32. The van der Waals surface area contributed by atoms with Crippen LogP contribution in [0.5, 0.6) is 5.75 Å². The predicted octanol–water partition coefficient (Wildman–Crippen LogP) is 1.87. The fourth-order valence-corrected chi connectivity index (χ4v) is 1.71. The Kier molecular flexibility index (Phi) is 6.72. The molecule has 0 bridgehead atoms.